The number of nitrogens with one attached hydrogen (secondary N) is 1. The van der Waals surface area contributed by atoms with Crippen LogP contribution in [0.1, 0.15) is 39.4 Å². The predicted octanol–water partition coefficient (Wildman–Crippen LogP) is 5.09. The van der Waals surface area contributed by atoms with Crippen molar-refractivity contribution in [1.82, 2.24) is 9.55 Å². The van der Waals surface area contributed by atoms with Gasteiger partial charge in [-0.3, -0.25) is 14.4 Å². The molecular weight excluding hydrogens is 524 g/mol. The van der Waals surface area contributed by atoms with Gasteiger partial charge in [0.15, 0.2) is 5.76 Å². The fourth-order valence-corrected chi connectivity index (χ4v) is 5.74. The number of aromatic amines is 1. The Bertz CT molecular complexity index is 2030. The van der Waals surface area contributed by atoms with E-state index < -0.39 is 11.9 Å². The predicted molar refractivity (Wildman–Crippen MR) is 152 cm³/mol. The molecule has 0 spiro atoms. The van der Waals surface area contributed by atoms with Crippen LogP contribution in [0.25, 0.3) is 27.9 Å². The van der Waals surface area contributed by atoms with Crippen LogP contribution in [0.2, 0.25) is 0 Å². The topological polar surface area (TPSA) is 109 Å². The summed E-state index contributed by atoms with van der Waals surface area (Å²) in [5, 5.41) is 1.65. The van der Waals surface area contributed by atoms with E-state index in [0.29, 0.717) is 39.5 Å². The van der Waals surface area contributed by atoms with Crippen molar-refractivity contribution in [2.24, 2.45) is 7.05 Å². The lowest BCUT2D eigenvalue weighted by Gasteiger charge is -2.26. The number of rotatable bonds is 4. The summed E-state index contributed by atoms with van der Waals surface area (Å²) in [5.74, 6) is 0.564. The maximum atomic E-state index is 13.6. The second kappa shape index (κ2) is 9.12. The Balaban J connectivity index is 1.36. The summed E-state index contributed by atoms with van der Waals surface area (Å²) in [6.07, 6.45) is 3.54. The molecule has 204 valence electrons. The van der Waals surface area contributed by atoms with Crippen molar-refractivity contribution in [2.45, 2.75) is 12.3 Å². The zero-order valence-corrected chi connectivity index (χ0v) is 22.4. The van der Waals surface area contributed by atoms with Crippen molar-refractivity contribution >= 4 is 39.6 Å². The zero-order valence-electron chi connectivity index (χ0n) is 22.4. The first-order chi connectivity index (χ1) is 19.8. The molecule has 0 fully saturated rings. The highest BCUT2D eigenvalue weighted by Gasteiger charge is 2.39. The average molecular weight is 549 g/mol. The Hall–Kier alpha value is -5.31. The summed E-state index contributed by atoms with van der Waals surface area (Å²) < 4.78 is 24.5. The van der Waals surface area contributed by atoms with Crippen LogP contribution in [0.4, 0.5) is 0 Å². The summed E-state index contributed by atoms with van der Waals surface area (Å²) in [5.41, 5.74) is 3.26. The van der Waals surface area contributed by atoms with Crippen molar-refractivity contribution in [3.05, 3.63) is 99.2 Å². The van der Waals surface area contributed by atoms with E-state index >= 15 is 0 Å². The first-order valence-corrected chi connectivity index (χ1v) is 13.0. The molecule has 1 atom stereocenters. The largest absolute Gasteiger partial charge is 0.497 e. The molecule has 0 aliphatic carbocycles. The molecule has 0 amide bonds. The second-order valence-corrected chi connectivity index (χ2v) is 10.1. The van der Waals surface area contributed by atoms with Gasteiger partial charge in [-0.15, -0.1) is 0 Å². The first-order valence-electron chi connectivity index (χ1n) is 13.0. The van der Waals surface area contributed by atoms with Gasteiger partial charge >= 0.3 is 5.97 Å². The number of esters is 1. The number of carbonyl (C=O) groups excluding carboxylic acids is 2. The third kappa shape index (κ3) is 3.88. The molecule has 2 aliphatic heterocycles. The molecule has 0 saturated heterocycles. The van der Waals surface area contributed by atoms with Gasteiger partial charge in [-0.1, -0.05) is 0 Å². The standard InChI is InChI=1S/C32H24N2O7/c1-34-15-17(21-13-19(39-3)5-8-25(21)34)12-27-30(36)20-6-9-26-29(31(20)41-27)22(14-28(35)40-26)23-11-16-10-18(38-2)4-7-24(16)33-32(23)37/h4-13,15,22H,14H2,1-3H3,(H,33,37). The Morgan fingerprint density at radius 1 is 0.951 bits per heavy atom. The SMILES string of the molecule is COc1ccc2[nH]c(=O)c(C3CC(=O)Oc4ccc5c(c43)OC(=Cc3cn(C)c4ccc(OC)cc34)C5=O)cc2c1. The number of methoxy groups -OCH3 is 2. The van der Waals surface area contributed by atoms with E-state index in [1.807, 2.05) is 42.1 Å². The summed E-state index contributed by atoms with van der Waals surface area (Å²) in [7, 11) is 5.10. The number of H-pyrrole nitrogens is 1. The molecule has 4 heterocycles. The summed E-state index contributed by atoms with van der Waals surface area (Å²) in [4.78, 5) is 42.4. The number of fused-ring (bicyclic) bond motifs is 5. The number of hydrogen-bond acceptors (Lipinski definition) is 7. The van der Waals surface area contributed by atoms with Gasteiger partial charge in [-0.25, -0.2) is 0 Å². The van der Waals surface area contributed by atoms with E-state index in [2.05, 4.69) is 4.98 Å². The smallest absolute Gasteiger partial charge is 0.312 e. The van der Waals surface area contributed by atoms with Crippen LogP contribution < -0.4 is 24.5 Å². The number of aromatic nitrogens is 2. The Labute approximate surface area is 233 Å². The quantitative estimate of drug-likeness (QED) is 0.189. The van der Waals surface area contributed by atoms with Gasteiger partial charge in [0.2, 0.25) is 5.78 Å². The Kier molecular flexibility index (Phi) is 5.50. The fraction of sp³-hybridized carbons (Fsp3) is 0.156. The minimum atomic E-state index is -0.686. The van der Waals surface area contributed by atoms with E-state index in [0.717, 1.165) is 21.9 Å². The number of allylic oxidation sites excluding steroid dienone is 1. The van der Waals surface area contributed by atoms with Crippen molar-refractivity contribution in [1.29, 1.82) is 0 Å². The van der Waals surface area contributed by atoms with Gasteiger partial charge in [0, 0.05) is 57.7 Å². The van der Waals surface area contributed by atoms with Crippen LogP contribution in [-0.4, -0.2) is 35.5 Å². The van der Waals surface area contributed by atoms with E-state index in [4.69, 9.17) is 18.9 Å². The Morgan fingerprint density at radius 2 is 1.73 bits per heavy atom. The lowest BCUT2D eigenvalue weighted by molar-refractivity contribution is -0.135. The van der Waals surface area contributed by atoms with Crippen molar-refractivity contribution < 1.29 is 28.5 Å². The van der Waals surface area contributed by atoms with Crippen molar-refractivity contribution in [2.75, 3.05) is 14.2 Å². The second-order valence-electron chi connectivity index (χ2n) is 10.1. The third-order valence-electron chi connectivity index (χ3n) is 7.75. The minimum absolute atomic E-state index is 0.0816. The van der Waals surface area contributed by atoms with E-state index in [1.165, 1.54) is 0 Å². The van der Waals surface area contributed by atoms with Crippen LogP contribution in [-0.2, 0) is 11.8 Å². The monoisotopic (exact) mass is 548 g/mol. The lowest BCUT2D eigenvalue weighted by atomic mass is 9.85. The summed E-state index contributed by atoms with van der Waals surface area (Å²) in [6, 6.07) is 16.0. The number of carbonyl (C=O) groups is 2. The molecule has 1 unspecified atom stereocenters. The maximum absolute atomic E-state index is 13.6. The number of nitrogens with zero attached hydrogens (tertiary/aromatic N) is 1. The van der Waals surface area contributed by atoms with E-state index in [1.54, 1.807) is 50.6 Å². The highest BCUT2D eigenvalue weighted by Crippen LogP contribution is 2.48. The zero-order chi connectivity index (χ0) is 28.4. The molecule has 0 saturated carbocycles. The normalized spacial score (nSPS) is 17.0. The molecular formula is C32H24N2O7. The van der Waals surface area contributed by atoms with E-state index in [-0.39, 0.29) is 29.3 Å². The highest BCUT2D eigenvalue weighted by atomic mass is 16.5. The summed E-state index contributed by atoms with van der Waals surface area (Å²) >= 11 is 0. The number of Topliss-reactive ketones (excluding diaryl/α,β-unsaturated/α-hetero) is 1. The molecule has 1 N–H and O–H groups in total. The molecule has 9 nitrogen and oxygen atoms in total. The maximum Gasteiger partial charge on any atom is 0.312 e. The average Bonchev–Trinajstić information content (AvgIpc) is 3.46. The molecule has 9 heteroatoms. The van der Waals surface area contributed by atoms with Crippen LogP contribution >= 0.6 is 0 Å². The van der Waals surface area contributed by atoms with Crippen LogP contribution in [0.5, 0.6) is 23.0 Å². The lowest BCUT2D eigenvalue weighted by Crippen LogP contribution is -2.26. The molecule has 3 aromatic carbocycles. The van der Waals surface area contributed by atoms with Crippen LogP contribution in [0.15, 0.2) is 71.3 Å². The first kappa shape index (κ1) is 24.7. The molecule has 0 radical (unpaired) electrons. The van der Waals surface area contributed by atoms with Crippen LogP contribution in [0, 0.1) is 0 Å². The highest BCUT2D eigenvalue weighted by molar-refractivity contribution is 6.16. The summed E-state index contributed by atoms with van der Waals surface area (Å²) in [6.45, 7) is 0. The van der Waals surface area contributed by atoms with Crippen molar-refractivity contribution in [3.63, 3.8) is 0 Å². The number of ether oxygens (including phenoxy) is 4. The molecule has 2 aliphatic rings. The number of pyridine rings is 1. The minimum Gasteiger partial charge on any atom is -0.497 e. The van der Waals surface area contributed by atoms with Crippen molar-refractivity contribution in [3.8, 4) is 23.0 Å². The molecule has 2 aromatic heterocycles. The van der Waals surface area contributed by atoms with Gasteiger partial charge in [-0.05, 0) is 60.7 Å². The fourth-order valence-electron chi connectivity index (χ4n) is 5.74. The van der Waals surface area contributed by atoms with Gasteiger partial charge in [0.25, 0.3) is 5.56 Å². The molecule has 7 rings (SSSR count). The number of aryl methyl sites for hydroxylation is 1. The van der Waals surface area contributed by atoms with Gasteiger partial charge < -0.3 is 28.5 Å². The van der Waals surface area contributed by atoms with E-state index in [9.17, 15) is 14.4 Å². The van der Waals surface area contributed by atoms with Gasteiger partial charge in [0.05, 0.1) is 26.2 Å². The third-order valence-corrected chi connectivity index (χ3v) is 7.75. The molecule has 0 bridgehead atoms. The van der Waals surface area contributed by atoms with Crippen LogP contribution in [0.3, 0.4) is 0 Å². The molecule has 41 heavy (non-hydrogen) atoms. The Morgan fingerprint density at radius 3 is 2.54 bits per heavy atom. The number of hydrogen-bond donors (Lipinski definition) is 1. The van der Waals surface area contributed by atoms with Gasteiger partial charge in [0.1, 0.15) is 23.0 Å². The van der Waals surface area contributed by atoms with Gasteiger partial charge in [-0.2, -0.15) is 0 Å². The molecule has 5 aromatic rings. The number of ketones is 1. The number of benzene rings is 3.